The lowest BCUT2D eigenvalue weighted by Crippen LogP contribution is -2.19. The van der Waals surface area contributed by atoms with Gasteiger partial charge in [0.25, 0.3) is 0 Å². The lowest BCUT2D eigenvalue weighted by Gasteiger charge is -2.21. The monoisotopic (exact) mass is 479 g/mol. The lowest BCUT2D eigenvalue weighted by atomic mass is 9.91. The molecule has 5 heteroatoms. The standard InChI is InChI=1S/C31H33N3O2/c1-5-7-28-31(33-27-15-11-22-18-23(36-4)12-14-26(22)30(27)32-28)34-29(35)17-20-10-13-25-21(16-20)8-6-9-24(25)19(2)3/h6,8-10,12-14,16,18-19H,5,7,11,15,17H2,1-4H3,(H,33,34,35). The molecule has 1 aliphatic carbocycles. The quantitative estimate of drug-likeness (QED) is 0.322. The number of benzene rings is 3. The molecule has 5 nitrogen and oxygen atoms in total. The molecule has 1 amide bonds. The average molecular weight is 480 g/mol. The van der Waals surface area contributed by atoms with E-state index in [9.17, 15) is 4.79 Å². The molecule has 0 bridgehead atoms. The summed E-state index contributed by atoms with van der Waals surface area (Å²) in [6, 6.07) is 18.8. The molecule has 36 heavy (non-hydrogen) atoms. The number of methoxy groups -OCH3 is 1. The fourth-order valence-electron chi connectivity index (χ4n) is 5.13. The van der Waals surface area contributed by atoms with Crippen LogP contribution in [0.15, 0.2) is 54.6 Å². The highest BCUT2D eigenvalue weighted by molar-refractivity contribution is 5.93. The van der Waals surface area contributed by atoms with Crippen LogP contribution in [0.4, 0.5) is 5.82 Å². The third kappa shape index (κ3) is 4.70. The number of hydrogen-bond donors (Lipinski definition) is 1. The van der Waals surface area contributed by atoms with Crippen molar-refractivity contribution >= 4 is 22.5 Å². The van der Waals surface area contributed by atoms with Crippen LogP contribution >= 0.6 is 0 Å². The van der Waals surface area contributed by atoms with Crippen molar-refractivity contribution in [3.05, 3.63) is 82.7 Å². The molecule has 0 spiro atoms. The van der Waals surface area contributed by atoms with Gasteiger partial charge in [0.05, 0.1) is 30.6 Å². The normalized spacial score (nSPS) is 12.4. The number of amides is 1. The molecule has 0 fully saturated rings. The molecule has 0 radical (unpaired) electrons. The smallest absolute Gasteiger partial charge is 0.229 e. The molecule has 1 aliphatic rings. The zero-order valence-electron chi connectivity index (χ0n) is 21.5. The van der Waals surface area contributed by atoms with E-state index < -0.39 is 0 Å². The zero-order chi connectivity index (χ0) is 25.2. The van der Waals surface area contributed by atoms with Crippen molar-refractivity contribution in [3.8, 4) is 17.0 Å². The van der Waals surface area contributed by atoms with Gasteiger partial charge >= 0.3 is 0 Å². The topological polar surface area (TPSA) is 64.1 Å². The number of aryl methyl sites for hydroxylation is 3. The van der Waals surface area contributed by atoms with Crippen molar-refractivity contribution in [2.45, 2.75) is 58.8 Å². The van der Waals surface area contributed by atoms with Gasteiger partial charge in [-0.25, -0.2) is 9.97 Å². The number of anilines is 1. The first kappa shape index (κ1) is 24.0. The molecule has 3 aromatic carbocycles. The van der Waals surface area contributed by atoms with E-state index in [1.807, 2.05) is 6.07 Å². The van der Waals surface area contributed by atoms with Crippen LogP contribution in [-0.2, 0) is 30.5 Å². The molecule has 1 aromatic heterocycles. The van der Waals surface area contributed by atoms with E-state index in [1.165, 1.54) is 21.9 Å². The van der Waals surface area contributed by atoms with Crippen molar-refractivity contribution in [3.63, 3.8) is 0 Å². The van der Waals surface area contributed by atoms with E-state index in [2.05, 4.69) is 74.6 Å². The van der Waals surface area contributed by atoms with Crippen LogP contribution in [0.25, 0.3) is 22.0 Å². The van der Waals surface area contributed by atoms with Crippen molar-refractivity contribution in [2.75, 3.05) is 12.4 Å². The summed E-state index contributed by atoms with van der Waals surface area (Å²) >= 11 is 0. The highest BCUT2D eigenvalue weighted by atomic mass is 16.5. The second-order valence-corrected chi connectivity index (χ2v) is 9.87. The second-order valence-electron chi connectivity index (χ2n) is 9.87. The molecule has 0 saturated heterocycles. The number of fused-ring (bicyclic) bond motifs is 4. The SMILES string of the molecule is CCCc1nc2c(nc1NC(=O)Cc1ccc3c(C(C)C)cccc3c1)CCc1cc(OC)ccc1-2. The summed E-state index contributed by atoms with van der Waals surface area (Å²) in [7, 11) is 1.69. The third-order valence-electron chi connectivity index (χ3n) is 6.95. The summed E-state index contributed by atoms with van der Waals surface area (Å²) in [6.45, 7) is 6.53. The Balaban J connectivity index is 1.40. The number of carbonyl (C=O) groups excluding carboxylic acids is 1. The Morgan fingerprint density at radius 3 is 2.69 bits per heavy atom. The molecule has 1 N–H and O–H groups in total. The van der Waals surface area contributed by atoms with E-state index in [-0.39, 0.29) is 5.91 Å². The predicted molar refractivity (Wildman–Crippen MR) is 146 cm³/mol. The number of aromatic nitrogens is 2. The first-order valence-corrected chi connectivity index (χ1v) is 12.8. The molecule has 1 heterocycles. The van der Waals surface area contributed by atoms with Crippen LogP contribution in [0.2, 0.25) is 0 Å². The fourth-order valence-corrected chi connectivity index (χ4v) is 5.13. The first-order valence-electron chi connectivity index (χ1n) is 12.8. The number of hydrogen-bond acceptors (Lipinski definition) is 4. The third-order valence-corrected chi connectivity index (χ3v) is 6.95. The summed E-state index contributed by atoms with van der Waals surface area (Å²) in [6.07, 6.45) is 3.66. The molecular formula is C31H33N3O2. The Morgan fingerprint density at radius 1 is 1.06 bits per heavy atom. The van der Waals surface area contributed by atoms with Crippen LogP contribution in [-0.4, -0.2) is 23.0 Å². The second kappa shape index (κ2) is 10.1. The Hall–Kier alpha value is -3.73. The van der Waals surface area contributed by atoms with Crippen LogP contribution in [0.5, 0.6) is 5.75 Å². The Morgan fingerprint density at radius 2 is 1.92 bits per heavy atom. The molecule has 5 rings (SSSR count). The largest absolute Gasteiger partial charge is 0.497 e. The van der Waals surface area contributed by atoms with Gasteiger partial charge in [0.2, 0.25) is 5.91 Å². The number of ether oxygens (including phenoxy) is 1. The van der Waals surface area contributed by atoms with Crippen LogP contribution in [0, 0.1) is 0 Å². The molecule has 0 aliphatic heterocycles. The molecule has 184 valence electrons. The van der Waals surface area contributed by atoms with E-state index in [4.69, 9.17) is 14.7 Å². The van der Waals surface area contributed by atoms with Crippen molar-refractivity contribution in [1.29, 1.82) is 0 Å². The summed E-state index contributed by atoms with van der Waals surface area (Å²) in [5, 5.41) is 5.50. The van der Waals surface area contributed by atoms with Gasteiger partial charge in [-0.3, -0.25) is 4.79 Å². The summed E-state index contributed by atoms with van der Waals surface area (Å²) in [4.78, 5) is 23.0. The molecular weight excluding hydrogens is 446 g/mol. The van der Waals surface area contributed by atoms with Crippen LogP contribution in [0.1, 0.15) is 61.2 Å². The Labute approximate surface area is 213 Å². The van der Waals surface area contributed by atoms with Gasteiger partial charge < -0.3 is 10.1 Å². The maximum absolute atomic E-state index is 13.1. The van der Waals surface area contributed by atoms with Crippen molar-refractivity contribution in [1.82, 2.24) is 9.97 Å². The van der Waals surface area contributed by atoms with Crippen molar-refractivity contribution in [2.24, 2.45) is 0 Å². The minimum absolute atomic E-state index is 0.0677. The van der Waals surface area contributed by atoms with E-state index in [1.54, 1.807) is 7.11 Å². The van der Waals surface area contributed by atoms with Gasteiger partial charge in [-0.1, -0.05) is 63.6 Å². The summed E-state index contributed by atoms with van der Waals surface area (Å²) in [5.74, 6) is 1.84. The lowest BCUT2D eigenvalue weighted by molar-refractivity contribution is -0.115. The van der Waals surface area contributed by atoms with E-state index in [0.29, 0.717) is 18.2 Å². The minimum atomic E-state index is -0.0677. The van der Waals surface area contributed by atoms with E-state index in [0.717, 1.165) is 59.6 Å². The van der Waals surface area contributed by atoms with Crippen LogP contribution < -0.4 is 10.1 Å². The first-order chi connectivity index (χ1) is 17.5. The zero-order valence-corrected chi connectivity index (χ0v) is 21.5. The highest BCUT2D eigenvalue weighted by Crippen LogP contribution is 2.35. The molecule has 0 unspecified atom stereocenters. The van der Waals surface area contributed by atoms with Gasteiger partial charge in [0.15, 0.2) is 5.82 Å². The highest BCUT2D eigenvalue weighted by Gasteiger charge is 2.23. The molecule has 0 atom stereocenters. The summed E-state index contributed by atoms with van der Waals surface area (Å²) in [5.41, 5.74) is 7.37. The summed E-state index contributed by atoms with van der Waals surface area (Å²) < 4.78 is 5.40. The van der Waals surface area contributed by atoms with Gasteiger partial charge in [-0.2, -0.15) is 0 Å². The molecule has 0 saturated carbocycles. The fraction of sp³-hybridized carbons (Fsp3) is 0.323. The number of rotatable bonds is 7. The molecule has 4 aromatic rings. The minimum Gasteiger partial charge on any atom is -0.497 e. The number of nitrogens with one attached hydrogen (secondary N) is 1. The average Bonchev–Trinajstić information content (AvgIpc) is 2.88. The predicted octanol–water partition coefficient (Wildman–Crippen LogP) is 6.66. The van der Waals surface area contributed by atoms with Gasteiger partial charge in [-0.05, 0) is 70.8 Å². The van der Waals surface area contributed by atoms with Gasteiger partial charge in [0, 0.05) is 5.56 Å². The Bertz CT molecular complexity index is 1440. The maximum Gasteiger partial charge on any atom is 0.229 e. The maximum atomic E-state index is 13.1. The van der Waals surface area contributed by atoms with Crippen LogP contribution in [0.3, 0.4) is 0 Å². The number of nitrogens with zero attached hydrogens (tertiary/aromatic N) is 2. The Kier molecular flexibility index (Phi) is 6.73. The number of carbonyl (C=O) groups is 1. The van der Waals surface area contributed by atoms with E-state index >= 15 is 0 Å². The van der Waals surface area contributed by atoms with Gasteiger partial charge in [0.1, 0.15) is 5.75 Å². The van der Waals surface area contributed by atoms with Gasteiger partial charge in [-0.15, -0.1) is 0 Å². The van der Waals surface area contributed by atoms with Crippen molar-refractivity contribution < 1.29 is 9.53 Å².